The second-order valence-corrected chi connectivity index (χ2v) is 8.92. The average molecular weight is 465 g/mol. The van der Waals surface area contributed by atoms with Gasteiger partial charge < -0.3 is 26.8 Å². The molecule has 30 heavy (non-hydrogen) atoms. The molecular weight excluding hydrogens is 428 g/mol. The third kappa shape index (κ3) is 9.57. The van der Waals surface area contributed by atoms with Gasteiger partial charge in [0, 0.05) is 5.75 Å². The van der Waals surface area contributed by atoms with E-state index in [0.29, 0.717) is 12.2 Å². The van der Waals surface area contributed by atoms with E-state index in [1.54, 1.807) is 13.8 Å². The number of rotatable bonds is 14. The number of amides is 3. The molecule has 0 aromatic heterocycles. The lowest BCUT2D eigenvalue weighted by Crippen LogP contribution is -2.59. The second-order valence-electron chi connectivity index (χ2n) is 7.57. The minimum Gasteiger partial charge on any atom is -0.480 e. The Morgan fingerprint density at radius 3 is 2.00 bits per heavy atom. The molecule has 5 unspecified atom stereocenters. The van der Waals surface area contributed by atoms with E-state index in [9.17, 15) is 19.2 Å². The Kier molecular flexibility index (Phi) is 13.8. The topological polar surface area (TPSA) is 151 Å². The Hall–Kier alpha value is -1.46. The first-order valence-electron chi connectivity index (χ1n) is 9.99. The van der Waals surface area contributed by atoms with Gasteiger partial charge in [-0.15, -0.1) is 0 Å². The van der Waals surface area contributed by atoms with Gasteiger partial charge in [-0.2, -0.15) is 24.4 Å². The van der Waals surface area contributed by atoms with Gasteiger partial charge in [0.1, 0.15) is 18.1 Å². The van der Waals surface area contributed by atoms with Crippen LogP contribution in [0, 0.1) is 11.8 Å². The highest BCUT2D eigenvalue weighted by molar-refractivity contribution is 7.98. The minimum atomic E-state index is -1.21. The Labute approximate surface area is 188 Å². The van der Waals surface area contributed by atoms with Crippen LogP contribution in [0.4, 0.5) is 0 Å². The molecule has 0 spiro atoms. The van der Waals surface area contributed by atoms with Crippen LogP contribution in [0.15, 0.2) is 0 Å². The third-order valence-corrected chi connectivity index (χ3v) is 5.86. The Morgan fingerprint density at radius 1 is 1.00 bits per heavy atom. The normalized spacial score (nSPS) is 16.1. The Morgan fingerprint density at radius 2 is 1.57 bits per heavy atom. The lowest BCUT2D eigenvalue weighted by atomic mass is 9.98. The molecule has 0 aliphatic heterocycles. The van der Waals surface area contributed by atoms with Crippen molar-refractivity contribution < 1.29 is 24.3 Å². The van der Waals surface area contributed by atoms with Gasteiger partial charge in [0.25, 0.3) is 0 Å². The van der Waals surface area contributed by atoms with Gasteiger partial charge in [-0.1, -0.05) is 34.1 Å². The summed E-state index contributed by atoms with van der Waals surface area (Å²) >= 11 is 5.45. The van der Waals surface area contributed by atoms with Gasteiger partial charge >= 0.3 is 5.97 Å². The smallest absolute Gasteiger partial charge is 0.327 e. The average Bonchev–Trinajstić information content (AvgIpc) is 2.70. The molecule has 0 aromatic carbocycles. The van der Waals surface area contributed by atoms with Crippen molar-refractivity contribution in [2.24, 2.45) is 17.6 Å². The van der Waals surface area contributed by atoms with Crippen LogP contribution >= 0.6 is 24.4 Å². The van der Waals surface area contributed by atoms with Crippen LogP contribution in [-0.2, 0) is 19.2 Å². The fourth-order valence-electron chi connectivity index (χ4n) is 2.52. The SMILES string of the molecule is CCC(C)C(N)C(=O)NC(CCSC)C(=O)NC(C(=O)NC(CS)C(=O)O)C(C)C. The van der Waals surface area contributed by atoms with Gasteiger partial charge in [-0.05, 0) is 30.3 Å². The molecule has 0 radical (unpaired) electrons. The van der Waals surface area contributed by atoms with Crippen molar-refractivity contribution in [2.45, 2.75) is 64.7 Å². The van der Waals surface area contributed by atoms with E-state index < -0.39 is 47.9 Å². The van der Waals surface area contributed by atoms with Crippen molar-refractivity contribution in [2.75, 3.05) is 17.8 Å². The first-order valence-corrected chi connectivity index (χ1v) is 12.0. The summed E-state index contributed by atoms with van der Waals surface area (Å²) in [5, 5.41) is 16.8. The zero-order valence-corrected chi connectivity index (χ0v) is 20.0. The first kappa shape index (κ1) is 28.5. The van der Waals surface area contributed by atoms with Gasteiger partial charge in [0.2, 0.25) is 17.7 Å². The molecule has 0 aliphatic rings. The maximum Gasteiger partial charge on any atom is 0.327 e. The molecular formula is C19H36N4O5S2. The van der Waals surface area contributed by atoms with Gasteiger partial charge in [-0.25, -0.2) is 4.79 Å². The van der Waals surface area contributed by atoms with Crippen molar-refractivity contribution in [1.82, 2.24) is 16.0 Å². The number of nitrogens with two attached hydrogens (primary N) is 1. The molecule has 0 aromatic rings. The van der Waals surface area contributed by atoms with Crippen LogP contribution in [-0.4, -0.2) is 70.7 Å². The third-order valence-electron chi connectivity index (χ3n) is 4.85. The summed E-state index contributed by atoms with van der Waals surface area (Å²) in [5.41, 5.74) is 5.97. The predicted molar refractivity (Wildman–Crippen MR) is 123 cm³/mol. The second kappa shape index (κ2) is 14.5. The largest absolute Gasteiger partial charge is 0.480 e. The molecule has 0 rings (SSSR count). The summed E-state index contributed by atoms with van der Waals surface area (Å²) in [7, 11) is 0. The van der Waals surface area contributed by atoms with Crippen LogP contribution in [0.1, 0.15) is 40.5 Å². The monoisotopic (exact) mass is 464 g/mol. The summed E-state index contributed by atoms with van der Waals surface area (Å²) in [6.07, 6.45) is 2.98. The van der Waals surface area contributed by atoms with E-state index in [1.165, 1.54) is 11.8 Å². The van der Waals surface area contributed by atoms with Crippen LogP contribution in [0.5, 0.6) is 0 Å². The zero-order chi connectivity index (χ0) is 23.4. The molecule has 174 valence electrons. The molecule has 6 N–H and O–H groups in total. The number of thiol groups is 1. The first-order chi connectivity index (χ1) is 14.0. The fraction of sp³-hybridized carbons (Fsp3) is 0.789. The number of hydrogen-bond acceptors (Lipinski definition) is 7. The van der Waals surface area contributed by atoms with Crippen molar-refractivity contribution in [1.29, 1.82) is 0 Å². The van der Waals surface area contributed by atoms with E-state index in [1.807, 2.05) is 20.1 Å². The summed E-state index contributed by atoms with van der Waals surface area (Å²) in [4.78, 5) is 49.0. The van der Waals surface area contributed by atoms with Crippen LogP contribution in [0.25, 0.3) is 0 Å². The number of carboxylic acids is 1. The van der Waals surface area contributed by atoms with E-state index in [0.717, 1.165) is 6.42 Å². The highest BCUT2D eigenvalue weighted by atomic mass is 32.2. The quantitative estimate of drug-likeness (QED) is 0.202. The highest BCUT2D eigenvalue weighted by Gasteiger charge is 2.31. The number of carboxylic acid groups (broad SMARTS) is 1. The van der Waals surface area contributed by atoms with Gasteiger partial charge in [0.15, 0.2) is 0 Å². The minimum absolute atomic E-state index is 0.0439. The summed E-state index contributed by atoms with van der Waals surface area (Å²) < 4.78 is 0. The fourth-order valence-corrected chi connectivity index (χ4v) is 3.24. The predicted octanol–water partition coefficient (Wildman–Crippen LogP) is 0.238. The van der Waals surface area contributed by atoms with Crippen LogP contribution < -0.4 is 21.7 Å². The molecule has 3 amide bonds. The molecule has 0 aliphatic carbocycles. The van der Waals surface area contributed by atoms with Crippen LogP contribution in [0.2, 0.25) is 0 Å². The molecule has 11 heteroatoms. The number of carbonyl (C=O) groups is 4. The number of nitrogens with one attached hydrogen (secondary N) is 3. The highest BCUT2D eigenvalue weighted by Crippen LogP contribution is 2.09. The molecule has 5 atom stereocenters. The van der Waals surface area contributed by atoms with E-state index in [2.05, 4.69) is 28.6 Å². The maximum absolute atomic E-state index is 12.9. The van der Waals surface area contributed by atoms with Crippen molar-refractivity contribution >= 4 is 48.1 Å². The number of thioether (sulfide) groups is 1. The molecule has 0 saturated heterocycles. The zero-order valence-electron chi connectivity index (χ0n) is 18.3. The van der Waals surface area contributed by atoms with Crippen molar-refractivity contribution in [3.05, 3.63) is 0 Å². The van der Waals surface area contributed by atoms with Gasteiger partial charge in [-0.3, -0.25) is 14.4 Å². The van der Waals surface area contributed by atoms with Crippen LogP contribution in [0.3, 0.4) is 0 Å². The van der Waals surface area contributed by atoms with Gasteiger partial charge in [0.05, 0.1) is 6.04 Å². The van der Waals surface area contributed by atoms with Crippen molar-refractivity contribution in [3.8, 4) is 0 Å². The molecule has 9 nitrogen and oxygen atoms in total. The van der Waals surface area contributed by atoms with E-state index >= 15 is 0 Å². The lowest BCUT2D eigenvalue weighted by Gasteiger charge is -2.27. The summed E-state index contributed by atoms with van der Waals surface area (Å²) in [6.45, 7) is 7.25. The van der Waals surface area contributed by atoms with E-state index in [-0.39, 0.29) is 17.6 Å². The molecule has 0 heterocycles. The Balaban J connectivity index is 5.33. The number of carbonyl (C=O) groups excluding carboxylic acids is 3. The maximum atomic E-state index is 12.9. The standard InChI is InChI=1S/C19H36N4O5S2/c1-6-11(4)14(20)17(25)21-12(7-8-30-5)16(24)23-15(10(2)3)18(26)22-13(9-29)19(27)28/h10-15,29H,6-9,20H2,1-5H3,(H,21,25)(H,22,26)(H,23,24)(H,27,28). The number of aliphatic carboxylic acids is 1. The van der Waals surface area contributed by atoms with Crippen molar-refractivity contribution in [3.63, 3.8) is 0 Å². The number of hydrogen-bond donors (Lipinski definition) is 6. The Bertz CT molecular complexity index is 591. The molecule has 0 saturated carbocycles. The van der Waals surface area contributed by atoms with E-state index in [4.69, 9.17) is 10.8 Å². The summed E-state index contributed by atoms with van der Waals surface area (Å²) in [5.74, 6) is -2.57. The molecule has 0 fully saturated rings. The lowest BCUT2D eigenvalue weighted by molar-refractivity contribution is -0.142. The summed E-state index contributed by atoms with van der Waals surface area (Å²) in [6, 6.07) is -3.72. The molecule has 0 bridgehead atoms.